The molecule has 0 bridgehead atoms. The van der Waals surface area contributed by atoms with Crippen LogP contribution in [0.4, 0.5) is 4.79 Å². The van der Waals surface area contributed by atoms with Crippen LogP contribution in [-0.2, 0) is 20.9 Å². The smallest absolute Gasteiger partial charge is 0.410 e. The van der Waals surface area contributed by atoms with E-state index in [0.29, 0.717) is 6.61 Å². The van der Waals surface area contributed by atoms with Gasteiger partial charge in [-0.15, -0.1) is 0 Å². The first-order valence-corrected chi connectivity index (χ1v) is 9.45. The van der Waals surface area contributed by atoms with E-state index in [1.54, 1.807) is 4.90 Å². The van der Waals surface area contributed by atoms with Gasteiger partial charge in [0.1, 0.15) is 12.2 Å². The molecule has 1 amide bonds. The first-order valence-electron chi connectivity index (χ1n) is 9.45. The quantitative estimate of drug-likeness (QED) is 0.761. The zero-order valence-electron chi connectivity index (χ0n) is 16.0. The molecule has 0 radical (unpaired) electrons. The van der Waals surface area contributed by atoms with Crippen molar-refractivity contribution in [3.8, 4) is 0 Å². The minimum Gasteiger partial charge on any atom is -0.460 e. The highest BCUT2D eigenvalue weighted by molar-refractivity contribution is 5.73. The van der Waals surface area contributed by atoms with Crippen LogP contribution in [0.3, 0.4) is 0 Å². The normalized spacial score (nSPS) is 19.7. The lowest BCUT2D eigenvalue weighted by molar-refractivity contribution is -0.163. The fraction of sp³-hybridized carbons (Fsp3) is 0.619. The number of esters is 1. The fourth-order valence-corrected chi connectivity index (χ4v) is 3.87. The summed E-state index contributed by atoms with van der Waals surface area (Å²) in [4.78, 5) is 26.2. The molecule has 1 aliphatic carbocycles. The molecule has 1 saturated carbocycles. The van der Waals surface area contributed by atoms with Gasteiger partial charge in [0, 0.05) is 18.5 Å². The molecule has 0 unspecified atom stereocenters. The van der Waals surface area contributed by atoms with Gasteiger partial charge in [-0.1, -0.05) is 30.3 Å². The Balaban J connectivity index is 1.41. The minimum absolute atomic E-state index is 0.000989. The number of carbonyl (C=O) groups excluding carboxylic acids is 2. The predicted molar refractivity (Wildman–Crippen MR) is 98.4 cm³/mol. The number of hydrogen-bond acceptors (Lipinski definition) is 4. The highest BCUT2D eigenvalue weighted by Gasteiger charge is 2.48. The molecule has 26 heavy (non-hydrogen) atoms. The van der Waals surface area contributed by atoms with Crippen molar-refractivity contribution < 1.29 is 19.1 Å². The molecule has 1 aromatic rings. The van der Waals surface area contributed by atoms with Crippen molar-refractivity contribution in [2.75, 3.05) is 13.1 Å². The molecule has 0 N–H and O–H groups in total. The van der Waals surface area contributed by atoms with Crippen LogP contribution in [-0.4, -0.2) is 35.7 Å². The van der Waals surface area contributed by atoms with Gasteiger partial charge in [-0.2, -0.15) is 0 Å². The van der Waals surface area contributed by atoms with E-state index in [1.807, 2.05) is 51.1 Å². The SMILES string of the molecule is CC(C)(C)OC(=O)C1CCC2(CC1)CN(C(=O)OCc1ccccc1)C2. The van der Waals surface area contributed by atoms with Crippen LogP contribution in [0.1, 0.15) is 52.0 Å². The number of benzene rings is 1. The van der Waals surface area contributed by atoms with Crippen molar-refractivity contribution >= 4 is 12.1 Å². The van der Waals surface area contributed by atoms with E-state index in [0.717, 1.165) is 44.3 Å². The number of rotatable bonds is 3. The first-order chi connectivity index (χ1) is 12.3. The average molecular weight is 359 g/mol. The van der Waals surface area contributed by atoms with E-state index in [1.165, 1.54) is 0 Å². The lowest BCUT2D eigenvalue weighted by atomic mass is 9.66. The Kier molecular flexibility index (Phi) is 5.26. The molecule has 2 fully saturated rings. The molecule has 1 saturated heterocycles. The van der Waals surface area contributed by atoms with Crippen LogP contribution in [0.2, 0.25) is 0 Å². The minimum atomic E-state index is -0.429. The second-order valence-corrected chi connectivity index (χ2v) is 8.70. The zero-order chi connectivity index (χ0) is 18.8. The summed E-state index contributed by atoms with van der Waals surface area (Å²) in [5, 5.41) is 0. The molecule has 1 aromatic carbocycles. The van der Waals surface area contributed by atoms with E-state index in [2.05, 4.69) is 0 Å². The predicted octanol–water partition coefficient (Wildman–Crippen LogP) is 4.16. The van der Waals surface area contributed by atoms with Gasteiger partial charge in [0.05, 0.1) is 5.92 Å². The van der Waals surface area contributed by atoms with Gasteiger partial charge < -0.3 is 14.4 Å². The third kappa shape index (κ3) is 4.57. The lowest BCUT2D eigenvalue weighted by Crippen LogP contribution is -2.59. The van der Waals surface area contributed by atoms with E-state index < -0.39 is 5.60 Å². The molecule has 2 aliphatic rings. The standard InChI is InChI=1S/C21H29NO4/c1-20(2,3)26-18(23)17-9-11-21(12-10-17)14-22(15-21)19(24)25-13-16-7-5-4-6-8-16/h4-8,17H,9-15H2,1-3H3. The molecular formula is C21H29NO4. The van der Waals surface area contributed by atoms with Gasteiger partial charge in [0.25, 0.3) is 0 Å². The van der Waals surface area contributed by atoms with E-state index in [9.17, 15) is 9.59 Å². The molecular weight excluding hydrogens is 330 g/mol. The zero-order valence-corrected chi connectivity index (χ0v) is 16.0. The van der Waals surface area contributed by atoms with Crippen molar-refractivity contribution in [3.05, 3.63) is 35.9 Å². The molecule has 5 nitrogen and oxygen atoms in total. The van der Waals surface area contributed by atoms with Crippen molar-refractivity contribution in [2.45, 2.75) is 58.7 Å². The second kappa shape index (κ2) is 7.29. The molecule has 1 heterocycles. The second-order valence-electron chi connectivity index (χ2n) is 8.70. The van der Waals surface area contributed by atoms with Crippen LogP contribution in [0.5, 0.6) is 0 Å². The maximum absolute atomic E-state index is 12.2. The highest BCUT2D eigenvalue weighted by atomic mass is 16.6. The monoisotopic (exact) mass is 359 g/mol. The van der Waals surface area contributed by atoms with Gasteiger partial charge in [0.2, 0.25) is 0 Å². The van der Waals surface area contributed by atoms with Gasteiger partial charge in [-0.3, -0.25) is 4.79 Å². The molecule has 0 aromatic heterocycles. The number of ether oxygens (including phenoxy) is 2. The molecule has 1 aliphatic heterocycles. The van der Waals surface area contributed by atoms with Crippen molar-refractivity contribution in [2.24, 2.45) is 11.3 Å². The third-order valence-electron chi connectivity index (χ3n) is 5.30. The van der Waals surface area contributed by atoms with Crippen molar-refractivity contribution in [3.63, 3.8) is 0 Å². The summed E-state index contributed by atoms with van der Waals surface area (Å²) in [6, 6.07) is 9.71. The molecule has 0 atom stereocenters. The summed E-state index contributed by atoms with van der Waals surface area (Å²) in [6.45, 7) is 7.49. The molecule has 3 rings (SSSR count). The number of hydrogen-bond donors (Lipinski definition) is 0. The van der Waals surface area contributed by atoms with Gasteiger partial charge in [-0.25, -0.2) is 4.79 Å². The van der Waals surface area contributed by atoms with Crippen LogP contribution in [0, 0.1) is 11.3 Å². The third-order valence-corrected chi connectivity index (χ3v) is 5.30. The summed E-state index contributed by atoms with van der Waals surface area (Å²) in [7, 11) is 0. The highest BCUT2D eigenvalue weighted by Crippen LogP contribution is 2.46. The first kappa shape index (κ1) is 18.7. The van der Waals surface area contributed by atoms with Crippen LogP contribution < -0.4 is 0 Å². The fourth-order valence-electron chi connectivity index (χ4n) is 3.87. The number of carbonyl (C=O) groups is 2. The summed E-state index contributed by atoms with van der Waals surface area (Å²) < 4.78 is 10.9. The van der Waals surface area contributed by atoms with E-state index in [-0.39, 0.29) is 23.4 Å². The Morgan fingerprint density at radius 1 is 1.12 bits per heavy atom. The topological polar surface area (TPSA) is 55.8 Å². The number of amides is 1. The maximum Gasteiger partial charge on any atom is 0.410 e. The van der Waals surface area contributed by atoms with Crippen molar-refractivity contribution in [1.29, 1.82) is 0 Å². The van der Waals surface area contributed by atoms with Gasteiger partial charge in [0.15, 0.2) is 0 Å². The Hall–Kier alpha value is -2.04. The summed E-state index contributed by atoms with van der Waals surface area (Å²) >= 11 is 0. The summed E-state index contributed by atoms with van der Waals surface area (Å²) in [5.41, 5.74) is 0.737. The average Bonchev–Trinajstić information content (AvgIpc) is 2.57. The Bertz CT molecular complexity index is 634. The van der Waals surface area contributed by atoms with Crippen LogP contribution in [0.25, 0.3) is 0 Å². The number of likely N-dealkylation sites (tertiary alicyclic amines) is 1. The molecule has 5 heteroatoms. The Morgan fingerprint density at radius 2 is 1.73 bits per heavy atom. The van der Waals surface area contributed by atoms with Gasteiger partial charge >= 0.3 is 12.1 Å². The van der Waals surface area contributed by atoms with Crippen LogP contribution >= 0.6 is 0 Å². The molecule has 142 valence electrons. The van der Waals surface area contributed by atoms with E-state index in [4.69, 9.17) is 9.47 Å². The number of nitrogens with zero attached hydrogens (tertiary/aromatic N) is 1. The Morgan fingerprint density at radius 3 is 2.31 bits per heavy atom. The Labute approximate surface area is 155 Å². The largest absolute Gasteiger partial charge is 0.460 e. The lowest BCUT2D eigenvalue weighted by Gasteiger charge is -2.52. The maximum atomic E-state index is 12.2. The summed E-state index contributed by atoms with van der Waals surface area (Å²) in [6.07, 6.45) is 3.40. The van der Waals surface area contributed by atoms with Crippen LogP contribution in [0.15, 0.2) is 30.3 Å². The summed E-state index contributed by atoms with van der Waals surface area (Å²) in [5.74, 6) is -0.0790. The molecule has 1 spiro atoms. The van der Waals surface area contributed by atoms with E-state index >= 15 is 0 Å². The van der Waals surface area contributed by atoms with Crippen molar-refractivity contribution in [1.82, 2.24) is 4.90 Å². The van der Waals surface area contributed by atoms with Gasteiger partial charge in [-0.05, 0) is 52.0 Å².